The molecule has 0 aliphatic heterocycles. The minimum Gasteiger partial charge on any atom is -0.464 e. The van der Waals surface area contributed by atoms with Crippen LogP contribution in [0.1, 0.15) is 0 Å². The number of nitrogens with zero attached hydrogens (tertiary/aromatic N) is 2. The standard InChI is InChI=1S/C10H8N2O2S/c13-10(14)12(9-6-15-7-11-9)8-4-2-1-3-5-8/h1-7H,(H,13,14). The van der Waals surface area contributed by atoms with Crippen molar-refractivity contribution < 1.29 is 9.90 Å². The van der Waals surface area contributed by atoms with Crippen LogP contribution in [0.3, 0.4) is 0 Å². The van der Waals surface area contributed by atoms with E-state index in [4.69, 9.17) is 5.11 Å². The predicted octanol–water partition coefficient (Wildman–Crippen LogP) is 2.96. The maximum Gasteiger partial charge on any atom is 0.417 e. The number of para-hydroxylation sites is 1. The second-order valence-electron chi connectivity index (χ2n) is 2.80. The van der Waals surface area contributed by atoms with Gasteiger partial charge in [-0.15, -0.1) is 11.3 Å². The largest absolute Gasteiger partial charge is 0.464 e. The predicted molar refractivity (Wildman–Crippen MR) is 58.7 cm³/mol. The lowest BCUT2D eigenvalue weighted by Gasteiger charge is -2.15. The van der Waals surface area contributed by atoms with Crippen molar-refractivity contribution in [1.29, 1.82) is 0 Å². The molecule has 1 aromatic heterocycles. The van der Waals surface area contributed by atoms with Gasteiger partial charge in [-0.1, -0.05) is 18.2 Å². The lowest BCUT2D eigenvalue weighted by Crippen LogP contribution is -2.23. The average molecular weight is 220 g/mol. The lowest BCUT2D eigenvalue weighted by molar-refractivity contribution is 0.204. The molecule has 0 spiro atoms. The maximum absolute atomic E-state index is 11.1. The fraction of sp³-hybridized carbons (Fsp3) is 0. The van der Waals surface area contributed by atoms with Gasteiger partial charge in [-0.3, -0.25) is 0 Å². The zero-order chi connectivity index (χ0) is 10.7. The zero-order valence-corrected chi connectivity index (χ0v) is 8.52. The summed E-state index contributed by atoms with van der Waals surface area (Å²) in [6.07, 6.45) is -1.04. The number of rotatable bonds is 2. The molecule has 15 heavy (non-hydrogen) atoms. The van der Waals surface area contributed by atoms with Gasteiger partial charge in [-0.05, 0) is 12.1 Å². The van der Waals surface area contributed by atoms with E-state index in [-0.39, 0.29) is 0 Å². The summed E-state index contributed by atoms with van der Waals surface area (Å²) < 4.78 is 0. The minimum absolute atomic E-state index is 0.429. The van der Waals surface area contributed by atoms with Gasteiger partial charge in [0, 0.05) is 5.38 Å². The van der Waals surface area contributed by atoms with Gasteiger partial charge >= 0.3 is 6.09 Å². The highest BCUT2D eigenvalue weighted by Gasteiger charge is 2.17. The molecule has 1 amide bonds. The molecule has 0 saturated carbocycles. The molecule has 0 aliphatic carbocycles. The van der Waals surface area contributed by atoms with E-state index in [0.717, 1.165) is 4.90 Å². The fourth-order valence-electron chi connectivity index (χ4n) is 1.23. The summed E-state index contributed by atoms with van der Waals surface area (Å²) in [5.41, 5.74) is 2.20. The summed E-state index contributed by atoms with van der Waals surface area (Å²) in [5.74, 6) is 0.429. The van der Waals surface area contributed by atoms with Crippen molar-refractivity contribution in [1.82, 2.24) is 4.98 Å². The van der Waals surface area contributed by atoms with Gasteiger partial charge in [0.2, 0.25) is 0 Å². The molecular weight excluding hydrogens is 212 g/mol. The Labute approximate surface area is 90.4 Å². The molecule has 0 aliphatic rings. The third-order valence-corrected chi connectivity index (χ3v) is 2.43. The molecule has 76 valence electrons. The smallest absolute Gasteiger partial charge is 0.417 e. The monoisotopic (exact) mass is 220 g/mol. The summed E-state index contributed by atoms with van der Waals surface area (Å²) >= 11 is 1.36. The van der Waals surface area contributed by atoms with E-state index in [0.29, 0.717) is 11.5 Å². The Bertz CT molecular complexity index is 442. The molecule has 0 saturated heterocycles. The Morgan fingerprint density at radius 1 is 1.33 bits per heavy atom. The second-order valence-corrected chi connectivity index (χ2v) is 3.52. The maximum atomic E-state index is 11.1. The van der Waals surface area contributed by atoms with Gasteiger partial charge < -0.3 is 5.11 Å². The Hall–Kier alpha value is -1.88. The van der Waals surface area contributed by atoms with E-state index in [2.05, 4.69) is 4.98 Å². The molecule has 0 fully saturated rings. The van der Waals surface area contributed by atoms with Gasteiger partial charge in [0.1, 0.15) is 0 Å². The number of hydrogen-bond donors (Lipinski definition) is 1. The van der Waals surface area contributed by atoms with Crippen LogP contribution >= 0.6 is 11.3 Å². The number of aromatic nitrogens is 1. The molecular formula is C10H8N2O2S. The van der Waals surface area contributed by atoms with Crippen LogP contribution in [0, 0.1) is 0 Å². The Balaban J connectivity index is 2.42. The molecule has 1 N–H and O–H groups in total. The van der Waals surface area contributed by atoms with E-state index in [9.17, 15) is 4.79 Å². The van der Waals surface area contributed by atoms with Gasteiger partial charge in [0.15, 0.2) is 5.82 Å². The Morgan fingerprint density at radius 3 is 2.60 bits per heavy atom. The van der Waals surface area contributed by atoms with Crippen LogP contribution in [0.2, 0.25) is 0 Å². The van der Waals surface area contributed by atoms with Crippen molar-refractivity contribution in [2.24, 2.45) is 0 Å². The van der Waals surface area contributed by atoms with Crippen molar-refractivity contribution in [3.8, 4) is 0 Å². The van der Waals surface area contributed by atoms with E-state index in [1.807, 2.05) is 6.07 Å². The SMILES string of the molecule is O=C(O)N(c1ccccc1)c1cscn1. The van der Waals surface area contributed by atoms with E-state index < -0.39 is 6.09 Å². The van der Waals surface area contributed by atoms with Crippen LogP contribution in [0.5, 0.6) is 0 Å². The van der Waals surface area contributed by atoms with E-state index >= 15 is 0 Å². The van der Waals surface area contributed by atoms with E-state index in [1.54, 1.807) is 35.2 Å². The molecule has 2 rings (SSSR count). The van der Waals surface area contributed by atoms with Gasteiger partial charge in [-0.2, -0.15) is 0 Å². The first kappa shape index (κ1) is 9.67. The van der Waals surface area contributed by atoms with Crippen LogP contribution in [-0.4, -0.2) is 16.2 Å². The van der Waals surface area contributed by atoms with Crippen molar-refractivity contribution in [2.75, 3.05) is 4.90 Å². The molecule has 1 heterocycles. The molecule has 5 heteroatoms. The third kappa shape index (κ3) is 1.97. The van der Waals surface area contributed by atoms with Crippen LogP contribution in [-0.2, 0) is 0 Å². The molecule has 2 aromatic rings. The van der Waals surface area contributed by atoms with Gasteiger partial charge in [-0.25, -0.2) is 14.7 Å². The van der Waals surface area contributed by atoms with Gasteiger partial charge in [0.05, 0.1) is 11.2 Å². The number of thiazole rings is 1. The number of benzene rings is 1. The highest BCUT2D eigenvalue weighted by atomic mass is 32.1. The number of carbonyl (C=O) groups is 1. The summed E-state index contributed by atoms with van der Waals surface area (Å²) in [4.78, 5) is 16.2. The second kappa shape index (κ2) is 4.10. The highest BCUT2D eigenvalue weighted by molar-refractivity contribution is 7.07. The van der Waals surface area contributed by atoms with Crippen LogP contribution in [0.15, 0.2) is 41.2 Å². The first-order valence-corrected chi connectivity index (χ1v) is 5.19. The third-order valence-electron chi connectivity index (χ3n) is 1.85. The van der Waals surface area contributed by atoms with E-state index in [1.165, 1.54) is 11.3 Å². The number of anilines is 2. The molecule has 0 atom stereocenters. The molecule has 0 radical (unpaired) electrons. The van der Waals surface area contributed by atoms with Crippen molar-refractivity contribution in [3.63, 3.8) is 0 Å². The Kier molecular flexibility index (Phi) is 2.64. The molecule has 1 aromatic carbocycles. The molecule has 0 unspecified atom stereocenters. The van der Waals surface area contributed by atoms with Crippen LogP contribution in [0.4, 0.5) is 16.3 Å². The first-order chi connectivity index (χ1) is 7.29. The lowest BCUT2D eigenvalue weighted by atomic mass is 10.3. The zero-order valence-electron chi connectivity index (χ0n) is 7.70. The quantitative estimate of drug-likeness (QED) is 0.846. The summed E-state index contributed by atoms with van der Waals surface area (Å²) in [7, 11) is 0. The summed E-state index contributed by atoms with van der Waals surface area (Å²) in [6, 6.07) is 8.88. The highest BCUT2D eigenvalue weighted by Crippen LogP contribution is 2.24. The van der Waals surface area contributed by atoms with Gasteiger partial charge in [0.25, 0.3) is 0 Å². The van der Waals surface area contributed by atoms with Crippen molar-refractivity contribution in [2.45, 2.75) is 0 Å². The molecule has 0 bridgehead atoms. The number of hydrogen-bond acceptors (Lipinski definition) is 3. The van der Waals surface area contributed by atoms with Crippen LogP contribution < -0.4 is 4.90 Å². The number of amides is 1. The molecule has 4 nitrogen and oxygen atoms in total. The Morgan fingerprint density at radius 2 is 2.07 bits per heavy atom. The van der Waals surface area contributed by atoms with Crippen molar-refractivity contribution in [3.05, 3.63) is 41.2 Å². The number of carboxylic acid groups (broad SMARTS) is 1. The average Bonchev–Trinajstić information content (AvgIpc) is 2.72. The van der Waals surface area contributed by atoms with Crippen molar-refractivity contribution >= 4 is 28.9 Å². The normalized spacial score (nSPS) is 9.87. The minimum atomic E-state index is -1.04. The summed E-state index contributed by atoms with van der Waals surface area (Å²) in [6.45, 7) is 0. The van der Waals surface area contributed by atoms with Crippen LogP contribution in [0.25, 0.3) is 0 Å². The first-order valence-electron chi connectivity index (χ1n) is 4.25. The fourth-order valence-corrected chi connectivity index (χ4v) is 1.75. The topological polar surface area (TPSA) is 53.4 Å². The summed E-state index contributed by atoms with van der Waals surface area (Å²) in [5, 5.41) is 10.8.